The summed E-state index contributed by atoms with van der Waals surface area (Å²) >= 11 is 1.31. The molecule has 2 aromatic carbocycles. The first-order valence-corrected chi connectivity index (χ1v) is 12.6. The van der Waals surface area contributed by atoms with E-state index in [0.717, 1.165) is 19.3 Å². The van der Waals surface area contributed by atoms with Crippen LogP contribution in [-0.4, -0.2) is 37.6 Å². The number of piperidine rings is 1. The molecule has 0 bridgehead atoms. The van der Waals surface area contributed by atoms with E-state index in [4.69, 9.17) is 0 Å². The Balaban J connectivity index is 1.53. The third-order valence-electron chi connectivity index (χ3n) is 5.21. The van der Waals surface area contributed by atoms with Crippen LogP contribution < -0.4 is 10.6 Å². The Morgan fingerprint density at radius 2 is 1.62 bits per heavy atom. The molecule has 9 heteroatoms. The summed E-state index contributed by atoms with van der Waals surface area (Å²) in [6, 6.07) is 16.4. The van der Waals surface area contributed by atoms with Crippen molar-refractivity contribution in [2.75, 3.05) is 23.7 Å². The van der Waals surface area contributed by atoms with E-state index in [9.17, 15) is 18.0 Å². The predicted molar refractivity (Wildman–Crippen MR) is 126 cm³/mol. The van der Waals surface area contributed by atoms with Gasteiger partial charge in [-0.2, -0.15) is 4.31 Å². The highest BCUT2D eigenvalue weighted by Crippen LogP contribution is 2.24. The van der Waals surface area contributed by atoms with E-state index in [1.165, 1.54) is 27.8 Å². The lowest BCUT2D eigenvalue weighted by molar-refractivity contribution is 0.102. The zero-order valence-electron chi connectivity index (χ0n) is 17.3. The Morgan fingerprint density at radius 1 is 0.844 bits per heavy atom. The van der Waals surface area contributed by atoms with Gasteiger partial charge in [-0.15, -0.1) is 11.3 Å². The van der Waals surface area contributed by atoms with E-state index < -0.39 is 15.9 Å². The fraction of sp³-hybridized carbons (Fsp3) is 0.217. The van der Waals surface area contributed by atoms with Gasteiger partial charge in [-0.25, -0.2) is 8.42 Å². The molecule has 0 unspecified atom stereocenters. The molecule has 0 aliphatic carbocycles. The van der Waals surface area contributed by atoms with Crippen LogP contribution in [0.2, 0.25) is 0 Å². The summed E-state index contributed by atoms with van der Waals surface area (Å²) in [6.45, 7) is 1.02. The quantitative estimate of drug-likeness (QED) is 0.558. The number of thiophene rings is 1. The largest absolute Gasteiger partial charge is 0.322 e. The van der Waals surface area contributed by atoms with Gasteiger partial charge in [-0.05, 0) is 54.6 Å². The molecule has 1 saturated heterocycles. The highest BCUT2D eigenvalue weighted by atomic mass is 32.2. The number of hydrogen-bond acceptors (Lipinski definition) is 5. The van der Waals surface area contributed by atoms with E-state index in [1.807, 2.05) is 0 Å². The zero-order valence-corrected chi connectivity index (χ0v) is 18.9. The molecule has 0 atom stereocenters. The first-order chi connectivity index (χ1) is 15.4. The molecule has 4 rings (SSSR count). The molecule has 1 aliphatic rings. The molecule has 0 radical (unpaired) electrons. The lowest BCUT2D eigenvalue weighted by Crippen LogP contribution is -2.35. The summed E-state index contributed by atoms with van der Waals surface area (Å²) in [6.07, 6.45) is 2.73. The maximum Gasteiger partial charge on any atom is 0.265 e. The zero-order chi connectivity index (χ0) is 22.6. The SMILES string of the molecule is O=C(Nc1ccccc1C(=O)Nc1cccc(S(=O)(=O)N2CCCCC2)c1)c1cccs1. The van der Waals surface area contributed by atoms with Crippen molar-refractivity contribution in [3.8, 4) is 0 Å². The molecule has 1 aromatic heterocycles. The van der Waals surface area contributed by atoms with Crippen molar-refractivity contribution in [1.29, 1.82) is 0 Å². The molecule has 2 N–H and O–H groups in total. The van der Waals surface area contributed by atoms with E-state index >= 15 is 0 Å². The van der Waals surface area contributed by atoms with E-state index in [2.05, 4.69) is 10.6 Å². The van der Waals surface area contributed by atoms with Crippen LogP contribution in [0.1, 0.15) is 39.3 Å². The third-order valence-corrected chi connectivity index (χ3v) is 7.97. The van der Waals surface area contributed by atoms with Gasteiger partial charge in [0.05, 0.1) is 21.0 Å². The normalized spacial score (nSPS) is 14.6. The van der Waals surface area contributed by atoms with Crippen molar-refractivity contribution in [2.45, 2.75) is 24.2 Å². The Hall–Kier alpha value is -3.01. The van der Waals surface area contributed by atoms with Crippen molar-refractivity contribution in [2.24, 2.45) is 0 Å². The topological polar surface area (TPSA) is 95.6 Å². The molecular formula is C23H23N3O4S2. The molecule has 1 aliphatic heterocycles. The second-order valence-corrected chi connectivity index (χ2v) is 10.3. The minimum Gasteiger partial charge on any atom is -0.322 e. The summed E-state index contributed by atoms with van der Waals surface area (Å²) in [4.78, 5) is 26.0. The van der Waals surface area contributed by atoms with Crippen molar-refractivity contribution >= 4 is 44.5 Å². The van der Waals surface area contributed by atoms with Gasteiger partial charge in [0, 0.05) is 18.8 Å². The average Bonchev–Trinajstić information content (AvgIpc) is 3.35. The van der Waals surface area contributed by atoms with Gasteiger partial charge in [0.2, 0.25) is 10.0 Å². The number of carbonyl (C=O) groups is 2. The van der Waals surface area contributed by atoms with Crippen LogP contribution in [0.3, 0.4) is 0 Å². The van der Waals surface area contributed by atoms with Crippen molar-refractivity contribution in [1.82, 2.24) is 4.31 Å². The number of hydrogen-bond donors (Lipinski definition) is 2. The second-order valence-electron chi connectivity index (χ2n) is 7.42. The first-order valence-electron chi connectivity index (χ1n) is 10.3. The van der Waals surface area contributed by atoms with E-state index in [-0.39, 0.29) is 16.4 Å². The van der Waals surface area contributed by atoms with Crippen LogP contribution in [0.25, 0.3) is 0 Å². The molecule has 0 spiro atoms. The predicted octanol–water partition coefficient (Wildman–Crippen LogP) is 4.43. The summed E-state index contributed by atoms with van der Waals surface area (Å²) in [5.74, 6) is -0.741. The van der Waals surface area contributed by atoms with Gasteiger partial charge in [0.1, 0.15) is 0 Å². The van der Waals surface area contributed by atoms with Crippen LogP contribution in [0.15, 0.2) is 70.9 Å². The fourth-order valence-electron chi connectivity index (χ4n) is 3.57. The van der Waals surface area contributed by atoms with Gasteiger partial charge >= 0.3 is 0 Å². The lowest BCUT2D eigenvalue weighted by Gasteiger charge is -2.26. The molecular weight excluding hydrogens is 446 g/mol. The molecule has 3 aromatic rings. The molecule has 1 fully saturated rings. The molecule has 2 heterocycles. The van der Waals surface area contributed by atoms with Crippen LogP contribution >= 0.6 is 11.3 Å². The minimum absolute atomic E-state index is 0.150. The number of carbonyl (C=O) groups excluding carboxylic acids is 2. The molecule has 32 heavy (non-hydrogen) atoms. The van der Waals surface area contributed by atoms with Crippen LogP contribution in [0.5, 0.6) is 0 Å². The monoisotopic (exact) mass is 469 g/mol. The molecule has 0 saturated carbocycles. The van der Waals surface area contributed by atoms with Crippen LogP contribution in [0.4, 0.5) is 11.4 Å². The third kappa shape index (κ3) is 4.90. The number of rotatable bonds is 6. The maximum absolute atomic E-state index is 12.9. The lowest BCUT2D eigenvalue weighted by atomic mass is 10.1. The van der Waals surface area contributed by atoms with Crippen molar-refractivity contribution in [3.05, 3.63) is 76.5 Å². The number of benzene rings is 2. The molecule has 7 nitrogen and oxygen atoms in total. The summed E-state index contributed by atoms with van der Waals surface area (Å²) in [7, 11) is -3.61. The first kappa shape index (κ1) is 22.2. The van der Waals surface area contributed by atoms with E-state index in [1.54, 1.807) is 53.9 Å². The Morgan fingerprint density at radius 3 is 2.38 bits per heavy atom. The number of nitrogens with one attached hydrogen (secondary N) is 2. The Labute approximate surface area is 191 Å². The minimum atomic E-state index is -3.61. The molecule has 2 amide bonds. The standard InChI is InChI=1S/C23H23N3O4S2/c27-22(19-10-2-3-11-20(19)25-23(28)21-12-7-15-31-21)24-17-8-6-9-18(16-17)32(29,30)26-13-4-1-5-14-26/h2-3,6-12,15-16H,1,4-5,13-14H2,(H,24,27)(H,25,28). The summed E-state index contributed by atoms with van der Waals surface area (Å²) in [5.41, 5.74) is 1.02. The number of anilines is 2. The van der Waals surface area contributed by atoms with Gasteiger partial charge < -0.3 is 10.6 Å². The van der Waals surface area contributed by atoms with Gasteiger partial charge in [0.25, 0.3) is 11.8 Å². The summed E-state index contributed by atoms with van der Waals surface area (Å²) < 4.78 is 27.4. The second kappa shape index (κ2) is 9.64. The highest BCUT2D eigenvalue weighted by Gasteiger charge is 2.26. The van der Waals surface area contributed by atoms with Crippen LogP contribution in [-0.2, 0) is 10.0 Å². The Bertz CT molecular complexity index is 1220. The average molecular weight is 470 g/mol. The van der Waals surface area contributed by atoms with Crippen molar-refractivity contribution in [3.63, 3.8) is 0 Å². The van der Waals surface area contributed by atoms with Gasteiger partial charge in [-0.1, -0.05) is 30.7 Å². The van der Waals surface area contributed by atoms with Crippen LogP contribution in [0, 0.1) is 0 Å². The van der Waals surface area contributed by atoms with Crippen molar-refractivity contribution < 1.29 is 18.0 Å². The number of amides is 2. The maximum atomic E-state index is 12.9. The highest BCUT2D eigenvalue weighted by molar-refractivity contribution is 7.89. The van der Waals surface area contributed by atoms with Gasteiger partial charge in [0.15, 0.2) is 0 Å². The number of nitrogens with zero attached hydrogens (tertiary/aromatic N) is 1. The fourth-order valence-corrected chi connectivity index (χ4v) is 5.75. The summed E-state index contributed by atoms with van der Waals surface area (Å²) in [5, 5.41) is 7.32. The number of sulfonamides is 1. The van der Waals surface area contributed by atoms with Gasteiger partial charge in [-0.3, -0.25) is 9.59 Å². The smallest absolute Gasteiger partial charge is 0.265 e. The Kier molecular flexibility index (Phi) is 6.69. The molecule has 166 valence electrons. The number of para-hydroxylation sites is 1. The van der Waals surface area contributed by atoms with E-state index in [0.29, 0.717) is 29.3 Å².